The normalized spacial score (nSPS) is 27.3. The molecule has 5 heteroatoms. The van der Waals surface area contributed by atoms with Gasteiger partial charge in [0, 0.05) is 11.0 Å². The molecule has 0 amide bonds. The van der Waals surface area contributed by atoms with E-state index in [9.17, 15) is 4.79 Å². The number of aromatic nitrogens is 1. The summed E-state index contributed by atoms with van der Waals surface area (Å²) in [4.78, 5) is 16.1. The number of benzene rings is 1. The van der Waals surface area contributed by atoms with Gasteiger partial charge in [0.25, 0.3) is 0 Å². The lowest BCUT2D eigenvalue weighted by Gasteiger charge is -2.53. The number of nitrogens with zero attached hydrogens (tertiary/aromatic N) is 1. The molecule has 1 aromatic carbocycles. The van der Waals surface area contributed by atoms with Gasteiger partial charge in [0.2, 0.25) is 0 Å². The summed E-state index contributed by atoms with van der Waals surface area (Å²) in [7, 11) is 1.44. The maximum absolute atomic E-state index is 11.7. The number of esters is 1. The monoisotopic (exact) mass is 352 g/mol. The molecule has 1 aromatic heterocycles. The standard InChI is InChI=1S/C21H24N2O3/c1-25-19(24)12-21-10-8-20(9-11-21,14-26-21)16-4-2-15(3-5-16)18-7-6-17(22)13-23-18/h2-7,13H,8-12,14,22H2,1H3. The molecule has 3 aliphatic rings. The van der Waals surface area contributed by atoms with Crippen molar-refractivity contribution in [1.29, 1.82) is 0 Å². The molecule has 2 aromatic rings. The number of carbonyl (C=O) groups excluding carboxylic acids is 1. The van der Waals surface area contributed by atoms with Crippen molar-refractivity contribution >= 4 is 11.7 Å². The SMILES string of the molecule is COC(=O)CC12CCC(c3ccc(-c4ccc(N)cn4)cc3)(CC1)CO2. The number of rotatable bonds is 4. The van der Waals surface area contributed by atoms with Crippen LogP contribution in [0.25, 0.3) is 11.3 Å². The Labute approximate surface area is 153 Å². The van der Waals surface area contributed by atoms with Crippen LogP contribution < -0.4 is 5.73 Å². The third-order valence-corrected chi connectivity index (χ3v) is 6.05. The van der Waals surface area contributed by atoms with E-state index < -0.39 is 0 Å². The van der Waals surface area contributed by atoms with Crippen LogP contribution >= 0.6 is 0 Å². The molecule has 0 atom stereocenters. The van der Waals surface area contributed by atoms with E-state index >= 15 is 0 Å². The van der Waals surface area contributed by atoms with Crippen LogP contribution in [0.4, 0.5) is 5.69 Å². The summed E-state index contributed by atoms with van der Waals surface area (Å²) < 4.78 is 11.0. The second-order valence-electron chi connectivity index (χ2n) is 7.56. The van der Waals surface area contributed by atoms with E-state index in [0.717, 1.165) is 36.9 Å². The first-order chi connectivity index (χ1) is 12.5. The van der Waals surface area contributed by atoms with Gasteiger partial charge in [-0.25, -0.2) is 0 Å². The molecule has 136 valence electrons. The average Bonchev–Trinajstić information content (AvgIpc) is 2.70. The van der Waals surface area contributed by atoms with Crippen LogP contribution in [0.2, 0.25) is 0 Å². The molecule has 2 N–H and O–H groups in total. The molecule has 2 aliphatic heterocycles. The lowest BCUT2D eigenvalue weighted by atomic mass is 9.62. The van der Waals surface area contributed by atoms with Gasteiger partial charge in [-0.2, -0.15) is 0 Å². The van der Waals surface area contributed by atoms with Crippen LogP contribution in [0.3, 0.4) is 0 Å². The number of fused-ring (bicyclic) bond motifs is 3. The van der Waals surface area contributed by atoms with E-state index in [2.05, 4.69) is 29.2 Å². The third kappa shape index (κ3) is 2.97. The average molecular weight is 352 g/mol. The summed E-state index contributed by atoms with van der Waals surface area (Å²) >= 11 is 0. The predicted octanol–water partition coefficient (Wildman–Crippen LogP) is 3.47. The van der Waals surface area contributed by atoms with Gasteiger partial charge in [-0.3, -0.25) is 9.78 Å². The van der Waals surface area contributed by atoms with Gasteiger partial charge in [0.05, 0.1) is 43.3 Å². The number of hydrogen-bond donors (Lipinski definition) is 1. The van der Waals surface area contributed by atoms with Crippen molar-refractivity contribution in [3.63, 3.8) is 0 Å². The van der Waals surface area contributed by atoms with Gasteiger partial charge in [-0.15, -0.1) is 0 Å². The molecule has 0 spiro atoms. The second-order valence-corrected chi connectivity index (χ2v) is 7.56. The zero-order valence-electron chi connectivity index (χ0n) is 15.0. The van der Waals surface area contributed by atoms with E-state index in [4.69, 9.17) is 15.2 Å². The molecule has 3 fully saturated rings. The Morgan fingerprint density at radius 2 is 1.88 bits per heavy atom. The highest BCUT2D eigenvalue weighted by Gasteiger charge is 2.51. The highest BCUT2D eigenvalue weighted by atomic mass is 16.5. The van der Waals surface area contributed by atoms with Crippen LogP contribution in [0.5, 0.6) is 0 Å². The van der Waals surface area contributed by atoms with Gasteiger partial charge >= 0.3 is 5.97 Å². The molecule has 26 heavy (non-hydrogen) atoms. The van der Waals surface area contributed by atoms with Crippen molar-refractivity contribution in [2.45, 2.75) is 43.1 Å². The number of methoxy groups -OCH3 is 1. The van der Waals surface area contributed by atoms with Crippen molar-refractivity contribution in [2.24, 2.45) is 0 Å². The van der Waals surface area contributed by atoms with Crippen LogP contribution in [0, 0.1) is 0 Å². The zero-order chi connectivity index (χ0) is 18.2. The topological polar surface area (TPSA) is 74.4 Å². The highest BCUT2D eigenvalue weighted by Crippen LogP contribution is 2.51. The number of carbonyl (C=O) groups is 1. The molecule has 5 nitrogen and oxygen atoms in total. The molecule has 1 aliphatic carbocycles. The minimum atomic E-state index is -0.317. The highest BCUT2D eigenvalue weighted by molar-refractivity contribution is 5.70. The fourth-order valence-electron chi connectivity index (χ4n) is 4.27. The lowest BCUT2D eigenvalue weighted by molar-refractivity contribution is -0.176. The second kappa shape index (κ2) is 6.40. The molecular weight excluding hydrogens is 328 g/mol. The molecule has 0 radical (unpaired) electrons. The van der Waals surface area contributed by atoms with Crippen LogP contribution in [0.1, 0.15) is 37.7 Å². The fraction of sp³-hybridized carbons (Fsp3) is 0.429. The molecule has 5 rings (SSSR count). The first kappa shape index (κ1) is 17.0. The molecule has 1 saturated carbocycles. The minimum absolute atomic E-state index is 0.0605. The minimum Gasteiger partial charge on any atom is -0.469 e. The Balaban J connectivity index is 1.51. The van der Waals surface area contributed by atoms with Crippen LogP contribution in [-0.2, 0) is 19.7 Å². The Bertz CT molecular complexity index is 774. The molecule has 3 heterocycles. The quantitative estimate of drug-likeness (QED) is 0.853. The Kier molecular flexibility index (Phi) is 4.19. The smallest absolute Gasteiger partial charge is 0.308 e. The van der Waals surface area contributed by atoms with E-state index in [1.54, 1.807) is 6.20 Å². The number of pyridine rings is 1. The van der Waals surface area contributed by atoms with E-state index in [1.807, 2.05) is 12.1 Å². The van der Waals surface area contributed by atoms with Crippen molar-refractivity contribution in [2.75, 3.05) is 19.5 Å². The molecular formula is C21H24N2O3. The molecule has 2 bridgehead atoms. The summed E-state index contributed by atoms with van der Waals surface area (Å²) in [6.07, 6.45) is 5.94. The summed E-state index contributed by atoms with van der Waals surface area (Å²) in [5.41, 5.74) is 9.43. The van der Waals surface area contributed by atoms with Gasteiger partial charge in [0.15, 0.2) is 0 Å². The summed E-state index contributed by atoms with van der Waals surface area (Å²) in [5.74, 6) is -0.181. The predicted molar refractivity (Wildman–Crippen MR) is 99.5 cm³/mol. The summed E-state index contributed by atoms with van der Waals surface area (Å²) in [5, 5.41) is 0. The van der Waals surface area contributed by atoms with Gasteiger partial charge in [-0.05, 0) is 43.4 Å². The largest absolute Gasteiger partial charge is 0.469 e. The van der Waals surface area contributed by atoms with Crippen molar-refractivity contribution in [3.8, 4) is 11.3 Å². The zero-order valence-corrected chi connectivity index (χ0v) is 15.0. The van der Waals surface area contributed by atoms with E-state index in [0.29, 0.717) is 18.7 Å². The molecule has 0 unspecified atom stereocenters. The Hall–Kier alpha value is -2.40. The van der Waals surface area contributed by atoms with Crippen molar-refractivity contribution in [1.82, 2.24) is 4.98 Å². The van der Waals surface area contributed by atoms with Crippen molar-refractivity contribution < 1.29 is 14.3 Å². The van der Waals surface area contributed by atoms with Crippen LogP contribution in [-0.4, -0.2) is 30.3 Å². The maximum Gasteiger partial charge on any atom is 0.308 e. The lowest BCUT2D eigenvalue weighted by Crippen LogP contribution is -2.54. The first-order valence-corrected chi connectivity index (χ1v) is 9.08. The van der Waals surface area contributed by atoms with Crippen molar-refractivity contribution in [3.05, 3.63) is 48.2 Å². The Morgan fingerprint density at radius 1 is 1.15 bits per heavy atom. The van der Waals surface area contributed by atoms with Gasteiger partial charge < -0.3 is 15.2 Å². The van der Waals surface area contributed by atoms with Gasteiger partial charge in [-0.1, -0.05) is 24.3 Å². The van der Waals surface area contributed by atoms with Gasteiger partial charge in [0.1, 0.15) is 0 Å². The number of ether oxygens (including phenoxy) is 2. The fourth-order valence-corrected chi connectivity index (χ4v) is 4.27. The first-order valence-electron chi connectivity index (χ1n) is 9.08. The maximum atomic E-state index is 11.7. The Morgan fingerprint density at radius 3 is 2.42 bits per heavy atom. The summed E-state index contributed by atoms with van der Waals surface area (Å²) in [6, 6.07) is 12.4. The molecule has 2 saturated heterocycles. The summed E-state index contributed by atoms with van der Waals surface area (Å²) in [6.45, 7) is 0.670. The number of nitrogens with two attached hydrogens (primary N) is 1. The van der Waals surface area contributed by atoms with E-state index in [1.165, 1.54) is 12.7 Å². The van der Waals surface area contributed by atoms with E-state index in [-0.39, 0.29) is 17.0 Å². The van der Waals surface area contributed by atoms with Crippen LogP contribution in [0.15, 0.2) is 42.6 Å². The third-order valence-electron chi connectivity index (χ3n) is 6.05. The number of hydrogen-bond acceptors (Lipinski definition) is 5. The number of anilines is 1. The number of nitrogen functional groups attached to an aromatic ring is 1.